The number of thiophene rings is 1. The lowest BCUT2D eigenvalue weighted by Gasteiger charge is -2.28. The highest BCUT2D eigenvalue weighted by molar-refractivity contribution is 7.10. The molecule has 1 fully saturated rings. The van der Waals surface area contributed by atoms with Gasteiger partial charge in [0.1, 0.15) is 0 Å². The minimum absolute atomic E-state index is 0.308. The number of hydrogen-bond donors (Lipinski definition) is 1. The van der Waals surface area contributed by atoms with E-state index in [-0.39, 0.29) is 6.10 Å². The van der Waals surface area contributed by atoms with Crippen LogP contribution in [-0.4, -0.2) is 42.4 Å². The maximum Gasteiger partial charge on any atom is 0.0896 e. The van der Waals surface area contributed by atoms with Crippen molar-refractivity contribution >= 4 is 11.3 Å². The molecule has 0 spiro atoms. The topological polar surface area (TPSA) is 32.7 Å². The van der Waals surface area contributed by atoms with Gasteiger partial charge in [0.05, 0.1) is 19.3 Å². The van der Waals surface area contributed by atoms with Crippen LogP contribution >= 0.6 is 11.3 Å². The van der Waals surface area contributed by atoms with Crippen molar-refractivity contribution in [3.63, 3.8) is 0 Å². The van der Waals surface area contributed by atoms with Gasteiger partial charge in [-0.15, -0.1) is 11.3 Å². The summed E-state index contributed by atoms with van der Waals surface area (Å²) >= 11 is 1.65. The van der Waals surface area contributed by atoms with Crippen molar-refractivity contribution in [3.8, 4) is 0 Å². The van der Waals surface area contributed by atoms with Crippen molar-refractivity contribution < 1.29 is 9.84 Å². The first kappa shape index (κ1) is 14.3. The van der Waals surface area contributed by atoms with E-state index in [0.29, 0.717) is 6.04 Å². The Kier molecular flexibility index (Phi) is 4.89. The molecule has 2 unspecified atom stereocenters. The summed E-state index contributed by atoms with van der Waals surface area (Å²) in [5.74, 6) is 0. The molecule has 2 aliphatic rings. The first-order valence-electron chi connectivity index (χ1n) is 7.54. The van der Waals surface area contributed by atoms with Gasteiger partial charge in [0.2, 0.25) is 0 Å². The van der Waals surface area contributed by atoms with E-state index in [1.54, 1.807) is 11.3 Å². The van der Waals surface area contributed by atoms with E-state index in [2.05, 4.69) is 11.0 Å². The molecule has 0 aliphatic carbocycles. The van der Waals surface area contributed by atoms with Crippen molar-refractivity contribution in [3.05, 3.63) is 34.0 Å². The van der Waals surface area contributed by atoms with Crippen molar-refractivity contribution in [2.24, 2.45) is 0 Å². The summed E-state index contributed by atoms with van der Waals surface area (Å²) in [6, 6.07) is 4.56. The van der Waals surface area contributed by atoms with E-state index < -0.39 is 0 Å². The van der Waals surface area contributed by atoms with Gasteiger partial charge < -0.3 is 9.84 Å². The van der Waals surface area contributed by atoms with Crippen molar-refractivity contribution in [1.82, 2.24) is 4.90 Å². The molecular formula is C16H23NO2S. The van der Waals surface area contributed by atoms with Crippen LogP contribution in [0.25, 0.3) is 0 Å². The number of hydrogen-bond acceptors (Lipinski definition) is 4. The molecule has 1 aromatic heterocycles. The summed E-state index contributed by atoms with van der Waals surface area (Å²) in [7, 11) is 0. The van der Waals surface area contributed by atoms with Gasteiger partial charge in [-0.1, -0.05) is 12.1 Å². The second-order valence-electron chi connectivity index (χ2n) is 5.74. The highest BCUT2D eigenvalue weighted by Crippen LogP contribution is 2.30. The van der Waals surface area contributed by atoms with Crippen LogP contribution in [0.2, 0.25) is 0 Å². The Morgan fingerprint density at radius 2 is 2.45 bits per heavy atom. The molecule has 3 nitrogen and oxygen atoms in total. The van der Waals surface area contributed by atoms with E-state index in [1.807, 2.05) is 17.5 Å². The van der Waals surface area contributed by atoms with Crippen LogP contribution in [0.3, 0.4) is 0 Å². The van der Waals surface area contributed by atoms with E-state index >= 15 is 0 Å². The highest BCUT2D eigenvalue weighted by atomic mass is 32.1. The molecule has 1 aromatic rings. The van der Waals surface area contributed by atoms with Gasteiger partial charge >= 0.3 is 0 Å². The van der Waals surface area contributed by atoms with Crippen LogP contribution in [0.15, 0.2) is 29.2 Å². The zero-order valence-corrected chi connectivity index (χ0v) is 12.6. The lowest BCUT2D eigenvalue weighted by molar-refractivity contribution is 0.117. The zero-order chi connectivity index (χ0) is 13.8. The Bertz CT molecular complexity index is 443. The Morgan fingerprint density at radius 3 is 3.20 bits per heavy atom. The number of ether oxygens (including phenoxy) is 1. The molecule has 0 aromatic carbocycles. The summed E-state index contributed by atoms with van der Waals surface area (Å²) < 4.78 is 5.52. The summed E-state index contributed by atoms with van der Waals surface area (Å²) in [5, 5.41) is 12.4. The Morgan fingerprint density at radius 1 is 1.50 bits per heavy atom. The van der Waals surface area contributed by atoms with Crippen LogP contribution in [-0.2, 0) is 4.74 Å². The van der Waals surface area contributed by atoms with Crippen LogP contribution in [0, 0.1) is 0 Å². The number of aliphatic hydroxyl groups is 1. The summed E-state index contributed by atoms with van der Waals surface area (Å²) in [4.78, 5) is 3.62. The zero-order valence-electron chi connectivity index (χ0n) is 11.8. The van der Waals surface area contributed by atoms with Gasteiger partial charge in [-0.25, -0.2) is 0 Å². The molecule has 3 heterocycles. The number of aliphatic hydroxyl groups excluding tert-OH is 1. The maximum absolute atomic E-state index is 10.3. The van der Waals surface area contributed by atoms with E-state index in [1.165, 1.54) is 18.4 Å². The first-order chi connectivity index (χ1) is 9.83. The minimum atomic E-state index is -0.308. The second kappa shape index (κ2) is 6.85. The van der Waals surface area contributed by atoms with Gasteiger partial charge in [-0.2, -0.15) is 0 Å². The molecule has 0 radical (unpaired) electrons. The fourth-order valence-electron chi connectivity index (χ4n) is 3.20. The normalized spacial score (nSPS) is 25.6. The third-order valence-electron chi connectivity index (χ3n) is 4.25. The molecule has 2 aliphatic heterocycles. The lowest BCUT2D eigenvalue weighted by atomic mass is 10.0. The van der Waals surface area contributed by atoms with E-state index in [0.717, 1.165) is 44.0 Å². The molecule has 0 bridgehead atoms. The molecule has 3 rings (SSSR count). The summed E-state index contributed by atoms with van der Waals surface area (Å²) in [6.45, 7) is 3.82. The van der Waals surface area contributed by atoms with Gasteiger partial charge in [-0.3, -0.25) is 4.90 Å². The number of rotatable bonds is 5. The highest BCUT2D eigenvalue weighted by Gasteiger charge is 2.28. The molecule has 1 N–H and O–H groups in total. The van der Waals surface area contributed by atoms with Crippen LogP contribution in [0.1, 0.15) is 36.7 Å². The lowest BCUT2D eigenvalue weighted by Crippen LogP contribution is -2.33. The second-order valence-corrected chi connectivity index (χ2v) is 6.72. The predicted molar refractivity (Wildman–Crippen MR) is 82.0 cm³/mol. The molecule has 0 amide bonds. The molecule has 20 heavy (non-hydrogen) atoms. The smallest absolute Gasteiger partial charge is 0.0896 e. The molecular weight excluding hydrogens is 270 g/mol. The fraction of sp³-hybridized carbons (Fsp3) is 0.625. The molecule has 110 valence electrons. The molecule has 0 saturated carbocycles. The Labute approximate surface area is 124 Å². The third kappa shape index (κ3) is 3.50. The SMILES string of the molecule is OC(CC1CCCN1CC1=CCCOC1)c1cccs1. The quantitative estimate of drug-likeness (QED) is 0.847. The molecule has 1 saturated heterocycles. The summed E-state index contributed by atoms with van der Waals surface area (Å²) in [6.07, 6.45) is 6.37. The predicted octanol–water partition coefficient (Wildman–Crippen LogP) is 2.98. The minimum Gasteiger partial charge on any atom is -0.388 e. The number of nitrogens with zero attached hydrogens (tertiary/aromatic N) is 1. The van der Waals surface area contributed by atoms with E-state index in [9.17, 15) is 5.11 Å². The fourth-order valence-corrected chi connectivity index (χ4v) is 3.93. The van der Waals surface area contributed by atoms with Crippen molar-refractivity contribution in [2.75, 3.05) is 26.3 Å². The number of likely N-dealkylation sites (tertiary alicyclic amines) is 1. The van der Waals surface area contributed by atoms with Crippen LogP contribution in [0.5, 0.6) is 0 Å². The summed E-state index contributed by atoms with van der Waals surface area (Å²) in [5.41, 5.74) is 1.41. The average Bonchev–Trinajstić information content (AvgIpc) is 3.12. The first-order valence-corrected chi connectivity index (χ1v) is 8.42. The van der Waals surface area contributed by atoms with Crippen LogP contribution < -0.4 is 0 Å². The molecule has 4 heteroatoms. The van der Waals surface area contributed by atoms with Gasteiger partial charge in [0.25, 0.3) is 0 Å². The van der Waals surface area contributed by atoms with Gasteiger partial charge in [-0.05, 0) is 49.2 Å². The standard InChI is InChI=1S/C16H23NO2S/c18-15(16-6-3-9-20-16)10-14-5-1-7-17(14)11-13-4-2-8-19-12-13/h3-4,6,9,14-15,18H,1-2,5,7-8,10-12H2. The van der Waals surface area contributed by atoms with Crippen molar-refractivity contribution in [1.29, 1.82) is 0 Å². The van der Waals surface area contributed by atoms with Gasteiger partial charge in [0, 0.05) is 17.5 Å². The van der Waals surface area contributed by atoms with Gasteiger partial charge in [0.15, 0.2) is 0 Å². The third-order valence-corrected chi connectivity index (χ3v) is 5.23. The Balaban J connectivity index is 1.56. The van der Waals surface area contributed by atoms with Crippen molar-refractivity contribution in [2.45, 2.75) is 37.8 Å². The largest absolute Gasteiger partial charge is 0.388 e. The Hall–Kier alpha value is -0.680. The molecule has 2 atom stereocenters. The van der Waals surface area contributed by atoms with E-state index in [4.69, 9.17) is 4.74 Å². The average molecular weight is 293 g/mol. The monoisotopic (exact) mass is 293 g/mol. The van der Waals surface area contributed by atoms with Crippen LogP contribution in [0.4, 0.5) is 0 Å². The maximum atomic E-state index is 10.3.